The van der Waals surface area contributed by atoms with Crippen LogP contribution in [0.4, 0.5) is 0 Å². The fourth-order valence-corrected chi connectivity index (χ4v) is 3.25. The van der Waals surface area contributed by atoms with Gasteiger partial charge in [0.15, 0.2) is 11.5 Å². The number of carbonyl (C=O) groups excluding carboxylic acids is 1. The number of aryl methyl sites for hydroxylation is 1. The normalized spacial score (nSPS) is 14.3. The molecule has 1 atom stereocenters. The molecule has 2 aromatic carbocycles. The van der Waals surface area contributed by atoms with E-state index in [0.717, 1.165) is 29.7 Å². The van der Waals surface area contributed by atoms with Crippen LogP contribution < -0.4 is 19.5 Å². The van der Waals surface area contributed by atoms with Crippen LogP contribution in [0.5, 0.6) is 17.2 Å². The largest absolute Gasteiger partial charge is 0.497 e. The van der Waals surface area contributed by atoms with Gasteiger partial charge < -0.3 is 19.5 Å². The van der Waals surface area contributed by atoms with E-state index < -0.39 is 0 Å². The van der Waals surface area contributed by atoms with Crippen LogP contribution in [0.3, 0.4) is 0 Å². The number of benzene rings is 2. The van der Waals surface area contributed by atoms with Crippen molar-refractivity contribution < 1.29 is 19.0 Å². The van der Waals surface area contributed by atoms with Gasteiger partial charge in [-0.2, -0.15) is 0 Å². The van der Waals surface area contributed by atoms with Gasteiger partial charge in [-0.05, 0) is 60.6 Å². The van der Waals surface area contributed by atoms with Crippen LogP contribution in [-0.2, 0) is 11.2 Å². The first-order valence-corrected chi connectivity index (χ1v) is 9.28. The predicted octanol–water partition coefficient (Wildman–Crippen LogP) is 3.91. The summed E-state index contributed by atoms with van der Waals surface area (Å²) in [7, 11) is 4.88. The fourth-order valence-electron chi connectivity index (χ4n) is 3.25. The van der Waals surface area contributed by atoms with Crippen LogP contribution in [0.1, 0.15) is 36.4 Å². The molecule has 27 heavy (non-hydrogen) atoms. The van der Waals surface area contributed by atoms with Crippen molar-refractivity contribution in [1.29, 1.82) is 0 Å². The minimum Gasteiger partial charge on any atom is -0.497 e. The molecular weight excluding hydrogens is 342 g/mol. The van der Waals surface area contributed by atoms with E-state index in [2.05, 4.69) is 5.32 Å². The topological polar surface area (TPSA) is 56.8 Å². The third kappa shape index (κ3) is 4.94. The molecule has 3 rings (SSSR count). The highest BCUT2D eigenvalue weighted by Gasteiger charge is 2.33. The second-order valence-corrected chi connectivity index (χ2v) is 6.85. The number of hydrogen-bond acceptors (Lipinski definition) is 4. The van der Waals surface area contributed by atoms with E-state index in [1.165, 1.54) is 0 Å². The van der Waals surface area contributed by atoms with Crippen LogP contribution in [0.25, 0.3) is 0 Å². The lowest BCUT2D eigenvalue weighted by Crippen LogP contribution is -2.30. The van der Waals surface area contributed by atoms with Gasteiger partial charge in [0, 0.05) is 6.42 Å². The number of carbonyl (C=O) groups is 1. The summed E-state index contributed by atoms with van der Waals surface area (Å²) in [5.41, 5.74) is 2.19. The van der Waals surface area contributed by atoms with Gasteiger partial charge in [0.25, 0.3) is 0 Å². The minimum atomic E-state index is 0.0671. The zero-order valence-corrected chi connectivity index (χ0v) is 16.2. The Hall–Kier alpha value is -2.69. The van der Waals surface area contributed by atoms with Gasteiger partial charge in [0.2, 0.25) is 5.91 Å². The molecule has 2 aromatic rings. The van der Waals surface area contributed by atoms with Crippen molar-refractivity contribution in [3.63, 3.8) is 0 Å². The molecule has 1 N–H and O–H groups in total. The van der Waals surface area contributed by atoms with Gasteiger partial charge in [0.1, 0.15) is 5.75 Å². The molecule has 5 heteroatoms. The average Bonchev–Trinajstić information content (AvgIpc) is 3.55. The van der Waals surface area contributed by atoms with Crippen LogP contribution in [0.2, 0.25) is 0 Å². The maximum absolute atomic E-state index is 12.5. The molecule has 1 aliphatic rings. The van der Waals surface area contributed by atoms with E-state index in [1.54, 1.807) is 21.3 Å². The molecule has 0 saturated heterocycles. The average molecular weight is 369 g/mol. The number of methoxy groups -OCH3 is 3. The molecule has 1 fully saturated rings. The Labute approximate surface area is 160 Å². The second kappa shape index (κ2) is 8.80. The highest BCUT2D eigenvalue weighted by Crippen LogP contribution is 2.41. The van der Waals surface area contributed by atoms with E-state index in [4.69, 9.17) is 14.2 Å². The maximum Gasteiger partial charge on any atom is 0.220 e. The van der Waals surface area contributed by atoms with E-state index in [-0.39, 0.29) is 11.9 Å². The summed E-state index contributed by atoms with van der Waals surface area (Å²) in [5, 5.41) is 3.22. The Bertz CT molecular complexity index is 768. The first kappa shape index (κ1) is 19.1. The van der Waals surface area contributed by atoms with E-state index in [0.29, 0.717) is 30.3 Å². The molecule has 0 spiro atoms. The van der Waals surface area contributed by atoms with E-state index >= 15 is 0 Å². The van der Waals surface area contributed by atoms with Gasteiger partial charge in [-0.15, -0.1) is 0 Å². The van der Waals surface area contributed by atoms with Crippen LogP contribution in [0.15, 0.2) is 42.5 Å². The van der Waals surface area contributed by atoms with Crippen LogP contribution in [0, 0.1) is 5.92 Å². The monoisotopic (exact) mass is 369 g/mol. The van der Waals surface area contributed by atoms with E-state index in [1.807, 2.05) is 42.5 Å². The third-order valence-corrected chi connectivity index (χ3v) is 4.97. The van der Waals surface area contributed by atoms with Gasteiger partial charge >= 0.3 is 0 Å². The lowest BCUT2D eigenvalue weighted by molar-refractivity contribution is -0.122. The highest BCUT2D eigenvalue weighted by atomic mass is 16.5. The predicted molar refractivity (Wildman–Crippen MR) is 104 cm³/mol. The standard InChI is InChI=1S/C22H27NO4/c1-25-18-10-8-17(9-11-18)22(16-6-7-16)23-21(24)13-5-15-4-12-19(26-2)20(14-15)27-3/h4,8-12,14,16,22H,5-7,13H2,1-3H3,(H,23,24). The van der Waals surface area contributed by atoms with Crippen molar-refractivity contribution >= 4 is 5.91 Å². The molecule has 5 nitrogen and oxygen atoms in total. The zero-order chi connectivity index (χ0) is 19.2. The molecule has 1 saturated carbocycles. The maximum atomic E-state index is 12.5. The van der Waals surface area contributed by atoms with Gasteiger partial charge in [0.05, 0.1) is 27.4 Å². The minimum absolute atomic E-state index is 0.0671. The molecule has 0 aliphatic heterocycles. The SMILES string of the molecule is COc1ccc(C(NC(=O)CCc2ccc(OC)c(OC)c2)C2CC2)cc1. The summed E-state index contributed by atoms with van der Waals surface area (Å²) in [6.45, 7) is 0. The Morgan fingerprint density at radius 3 is 2.30 bits per heavy atom. The quantitative estimate of drug-likeness (QED) is 0.728. The molecular formula is C22H27NO4. The Morgan fingerprint density at radius 2 is 1.70 bits per heavy atom. The third-order valence-electron chi connectivity index (χ3n) is 4.97. The number of ether oxygens (including phenoxy) is 3. The highest BCUT2D eigenvalue weighted by molar-refractivity contribution is 5.77. The van der Waals surface area contributed by atoms with Crippen molar-refractivity contribution in [3.8, 4) is 17.2 Å². The summed E-state index contributed by atoms with van der Waals surface area (Å²) in [5.74, 6) is 2.80. The molecule has 0 bridgehead atoms. The fraction of sp³-hybridized carbons (Fsp3) is 0.409. The lowest BCUT2D eigenvalue weighted by atomic mass is 10.0. The summed E-state index contributed by atoms with van der Waals surface area (Å²) in [6, 6.07) is 13.8. The first-order valence-electron chi connectivity index (χ1n) is 9.28. The smallest absolute Gasteiger partial charge is 0.220 e. The Morgan fingerprint density at radius 1 is 1.00 bits per heavy atom. The number of rotatable bonds is 9. The lowest BCUT2D eigenvalue weighted by Gasteiger charge is -2.19. The number of amides is 1. The summed E-state index contributed by atoms with van der Waals surface area (Å²) < 4.78 is 15.8. The van der Waals surface area contributed by atoms with Crippen molar-refractivity contribution in [1.82, 2.24) is 5.32 Å². The molecule has 0 aromatic heterocycles. The first-order chi connectivity index (χ1) is 13.1. The number of hydrogen-bond donors (Lipinski definition) is 1. The summed E-state index contributed by atoms with van der Waals surface area (Å²) in [4.78, 5) is 12.5. The van der Waals surface area contributed by atoms with Crippen molar-refractivity contribution in [2.24, 2.45) is 5.92 Å². The van der Waals surface area contributed by atoms with Crippen LogP contribution in [-0.4, -0.2) is 27.2 Å². The number of nitrogens with one attached hydrogen (secondary N) is 1. The van der Waals surface area contributed by atoms with Crippen molar-refractivity contribution in [2.75, 3.05) is 21.3 Å². The molecule has 144 valence electrons. The van der Waals surface area contributed by atoms with Gasteiger partial charge in [-0.25, -0.2) is 0 Å². The Balaban J connectivity index is 1.60. The van der Waals surface area contributed by atoms with Gasteiger partial charge in [-0.3, -0.25) is 4.79 Å². The van der Waals surface area contributed by atoms with E-state index in [9.17, 15) is 4.79 Å². The van der Waals surface area contributed by atoms with Gasteiger partial charge in [-0.1, -0.05) is 18.2 Å². The zero-order valence-electron chi connectivity index (χ0n) is 16.2. The van der Waals surface area contributed by atoms with Crippen LogP contribution >= 0.6 is 0 Å². The second-order valence-electron chi connectivity index (χ2n) is 6.85. The van der Waals surface area contributed by atoms with Crippen molar-refractivity contribution in [2.45, 2.75) is 31.7 Å². The molecule has 0 radical (unpaired) electrons. The molecule has 1 unspecified atom stereocenters. The van der Waals surface area contributed by atoms with Crippen molar-refractivity contribution in [3.05, 3.63) is 53.6 Å². The summed E-state index contributed by atoms with van der Waals surface area (Å²) >= 11 is 0. The molecule has 1 amide bonds. The molecule has 1 aliphatic carbocycles. The summed E-state index contributed by atoms with van der Waals surface area (Å²) in [6.07, 6.45) is 3.42. The molecule has 0 heterocycles. The Kier molecular flexibility index (Phi) is 6.22.